The SMILES string of the molecule is [2H]C([2H])([2H])C(O)(CCC[C@@H](C)[C@H]1CC[C@H]2/C(=C\C=C3/C[C@@H](O)C[C@H](O)C3=C)CCC[C@]12C)C([2H])([2H])[2H]. The van der Waals surface area contributed by atoms with Crippen LogP contribution in [0.25, 0.3) is 0 Å². The summed E-state index contributed by atoms with van der Waals surface area (Å²) < 4.78 is 45.6. The van der Waals surface area contributed by atoms with Gasteiger partial charge in [-0.3, -0.25) is 0 Å². The number of allylic oxidation sites excluding steroid dienone is 3. The van der Waals surface area contributed by atoms with Gasteiger partial charge in [-0.05, 0) is 93.0 Å². The van der Waals surface area contributed by atoms with E-state index in [0.29, 0.717) is 49.0 Å². The third kappa shape index (κ3) is 5.29. The van der Waals surface area contributed by atoms with Crippen LogP contribution in [-0.4, -0.2) is 33.1 Å². The standard InChI is InChI=1S/C27H44O3/c1-18(8-6-14-26(3,4)30)23-12-13-24-20(9-7-15-27(23,24)5)10-11-21-16-22(28)17-25(29)19(21)2/h10-11,18,22-25,28-30H,2,6-9,12-17H2,1,3-5H3/b20-10-,21-11+/t18-,22-,23-,24+,25+,27-/m1/s1/i3D3,4D3. The first-order valence-corrected chi connectivity index (χ1v) is 11.7. The van der Waals surface area contributed by atoms with E-state index in [4.69, 9.17) is 8.22 Å². The molecule has 0 aromatic rings. The second-order valence-electron chi connectivity index (χ2n) is 10.4. The van der Waals surface area contributed by atoms with Crippen molar-refractivity contribution < 1.29 is 23.5 Å². The lowest BCUT2D eigenvalue weighted by Gasteiger charge is -2.44. The molecule has 30 heavy (non-hydrogen) atoms. The zero-order chi connectivity index (χ0) is 27.1. The first-order chi connectivity index (χ1) is 16.5. The van der Waals surface area contributed by atoms with Gasteiger partial charge in [-0.1, -0.05) is 51.0 Å². The minimum absolute atomic E-state index is 0.120. The number of rotatable bonds is 6. The van der Waals surface area contributed by atoms with E-state index in [1.165, 1.54) is 5.57 Å². The molecule has 0 radical (unpaired) electrons. The zero-order valence-corrected chi connectivity index (χ0v) is 18.7. The van der Waals surface area contributed by atoms with Crippen LogP contribution in [0.3, 0.4) is 0 Å². The molecule has 0 unspecified atom stereocenters. The number of hydrogen-bond acceptors (Lipinski definition) is 3. The Bertz CT molecular complexity index is 860. The minimum atomic E-state index is -2.96. The summed E-state index contributed by atoms with van der Waals surface area (Å²) in [5.41, 5.74) is 0.463. The highest BCUT2D eigenvalue weighted by molar-refractivity contribution is 5.38. The summed E-state index contributed by atoms with van der Waals surface area (Å²) in [4.78, 5) is 0. The summed E-state index contributed by atoms with van der Waals surface area (Å²) in [5.74, 6) is 1.18. The van der Waals surface area contributed by atoms with Gasteiger partial charge in [0.1, 0.15) is 0 Å². The average Bonchev–Trinajstić information content (AvgIpc) is 3.11. The summed E-state index contributed by atoms with van der Waals surface area (Å²) in [7, 11) is 0. The Kier molecular flexibility index (Phi) is 5.18. The van der Waals surface area contributed by atoms with Crippen LogP contribution in [0.15, 0.2) is 35.5 Å². The molecule has 3 N–H and O–H groups in total. The van der Waals surface area contributed by atoms with E-state index in [9.17, 15) is 15.3 Å². The van der Waals surface area contributed by atoms with Gasteiger partial charge in [0.15, 0.2) is 0 Å². The van der Waals surface area contributed by atoms with E-state index >= 15 is 0 Å². The maximum atomic E-state index is 10.6. The van der Waals surface area contributed by atoms with Crippen molar-refractivity contribution in [3.8, 4) is 0 Å². The van der Waals surface area contributed by atoms with E-state index in [-0.39, 0.29) is 11.8 Å². The molecule has 0 amide bonds. The monoisotopic (exact) mass is 422 g/mol. The van der Waals surface area contributed by atoms with Crippen LogP contribution in [0.5, 0.6) is 0 Å². The second-order valence-corrected chi connectivity index (χ2v) is 10.4. The van der Waals surface area contributed by atoms with E-state index < -0.39 is 31.5 Å². The Labute approximate surface area is 192 Å². The highest BCUT2D eigenvalue weighted by Crippen LogP contribution is 2.60. The minimum Gasteiger partial charge on any atom is -0.393 e. The topological polar surface area (TPSA) is 60.7 Å². The molecular formula is C27H44O3. The first-order valence-electron chi connectivity index (χ1n) is 14.7. The van der Waals surface area contributed by atoms with Crippen LogP contribution in [0, 0.1) is 23.2 Å². The largest absolute Gasteiger partial charge is 0.393 e. The third-order valence-electron chi connectivity index (χ3n) is 8.19. The normalized spacial score (nSPS) is 42.6. The van der Waals surface area contributed by atoms with Gasteiger partial charge in [0.2, 0.25) is 0 Å². The Morgan fingerprint density at radius 1 is 1.30 bits per heavy atom. The van der Waals surface area contributed by atoms with Crippen LogP contribution in [0.4, 0.5) is 0 Å². The quantitative estimate of drug-likeness (QED) is 0.514. The summed E-state index contributed by atoms with van der Waals surface area (Å²) in [6.45, 7) is 2.64. The number of fused-ring (bicyclic) bond motifs is 1. The highest BCUT2D eigenvalue weighted by atomic mass is 16.3. The molecule has 0 saturated heterocycles. The Morgan fingerprint density at radius 3 is 2.80 bits per heavy atom. The summed E-state index contributed by atoms with van der Waals surface area (Å²) in [6, 6.07) is 0. The van der Waals surface area contributed by atoms with Gasteiger partial charge < -0.3 is 15.3 Å². The maximum absolute atomic E-state index is 10.6. The fraction of sp³-hybridized carbons (Fsp3) is 0.778. The van der Waals surface area contributed by atoms with Crippen molar-refractivity contribution in [2.24, 2.45) is 23.2 Å². The fourth-order valence-electron chi connectivity index (χ4n) is 6.56. The van der Waals surface area contributed by atoms with Gasteiger partial charge in [0.25, 0.3) is 0 Å². The van der Waals surface area contributed by atoms with Crippen molar-refractivity contribution in [1.82, 2.24) is 0 Å². The summed E-state index contributed by atoms with van der Waals surface area (Å²) in [5, 5.41) is 30.8. The van der Waals surface area contributed by atoms with Crippen LogP contribution in [0.1, 0.15) is 100.0 Å². The molecule has 0 bridgehead atoms. The van der Waals surface area contributed by atoms with E-state index in [1.54, 1.807) is 0 Å². The number of aliphatic hydroxyl groups excluding tert-OH is 2. The molecule has 3 saturated carbocycles. The lowest BCUT2D eigenvalue weighted by Crippen LogP contribution is -2.36. The van der Waals surface area contributed by atoms with Crippen molar-refractivity contribution in [2.45, 2.75) is 110 Å². The Balaban J connectivity index is 1.69. The van der Waals surface area contributed by atoms with E-state index in [0.717, 1.165) is 37.7 Å². The molecule has 6 atom stereocenters. The molecular weight excluding hydrogens is 372 g/mol. The molecule has 3 aliphatic carbocycles. The van der Waals surface area contributed by atoms with E-state index in [2.05, 4.69) is 26.5 Å². The highest BCUT2D eigenvalue weighted by Gasteiger charge is 2.50. The second kappa shape index (κ2) is 9.30. The van der Waals surface area contributed by atoms with Gasteiger partial charge in [-0.15, -0.1) is 0 Å². The predicted molar refractivity (Wildman–Crippen MR) is 124 cm³/mol. The summed E-state index contributed by atoms with van der Waals surface area (Å²) >= 11 is 0. The number of hydrogen-bond donors (Lipinski definition) is 3. The molecule has 0 aromatic carbocycles. The molecule has 3 heteroatoms. The molecule has 170 valence electrons. The van der Waals surface area contributed by atoms with Gasteiger partial charge in [0, 0.05) is 14.6 Å². The molecule has 0 heterocycles. The van der Waals surface area contributed by atoms with Crippen molar-refractivity contribution >= 4 is 0 Å². The maximum Gasteiger partial charge on any atom is 0.0811 e. The number of aliphatic hydroxyl groups is 3. The van der Waals surface area contributed by atoms with E-state index in [1.807, 2.05) is 6.08 Å². The molecule has 0 aromatic heterocycles. The lowest BCUT2D eigenvalue weighted by molar-refractivity contribution is 0.0596. The third-order valence-corrected chi connectivity index (χ3v) is 8.19. The smallest absolute Gasteiger partial charge is 0.0811 e. The molecule has 3 fully saturated rings. The predicted octanol–water partition coefficient (Wildman–Crippen LogP) is 5.70. The van der Waals surface area contributed by atoms with Crippen LogP contribution < -0.4 is 0 Å². The fourth-order valence-corrected chi connectivity index (χ4v) is 6.56. The average molecular weight is 423 g/mol. The van der Waals surface area contributed by atoms with Gasteiger partial charge >= 0.3 is 0 Å². The van der Waals surface area contributed by atoms with Crippen LogP contribution in [-0.2, 0) is 0 Å². The summed E-state index contributed by atoms with van der Waals surface area (Å²) in [6.07, 6.45) is 10.0. The van der Waals surface area contributed by atoms with Crippen molar-refractivity contribution in [1.29, 1.82) is 0 Å². The van der Waals surface area contributed by atoms with Crippen molar-refractivity contribution in [3.05, 3.63) is 35.5 Å². The molecule has 3 nitrogen and oxygen atoms in total. The Morgan fingerprint density at radius 2 is 2.07 bits per heavy atom. The van der Waals surface area contributed by atoms with Crippen molar-refractivity contribution in [3.63, 3.8) is 0 Å². The first kappa shape index (κ1) is 16.7. The molecule has 0 spiro atoms. The lowest BCUT2D eigenvalue weighted by atomic mass is 9.60. The van der Waals surface area contributed by atoms with Gasteiger partial charge in [0.05, 0.1) is 17.8 Å². The van der Waals surface area contributed by atoms with Crippen LogP contribution in [0.2, 0.25) is 0 Å². The Hall–Kier alpha value is -0.900. The van der Waals surface area contributed by atoms with Gasteiger partial charge in [-0.2, -0.15) is 0 Å². The van der Waals surface area contributed by atoms with Crippen LogP contribution >= 0.6 is 0 Å². The zero-order valence-electron chi connectivity index (χ0n) is 24.7. The molecule has 0 aliphatic heterocycles. The van der Waals surface area contributed by atoms with Gasteiger partial charge in [-0.25, -0.2) is 0 Å². The molecule has 3 rings (SSSR count). The van der Waals surface area contributed by atoms with Crippen molar-refractivity contribution in [2.75, 3.05) is 0 Å². The molecule has 3 aliphatic rings.